The largest absolute Gasteiger partial charge is 0.299 e. The first-order valence-corrected chi connectivity index (χ1v) is 6.90. The third-order valence-electron chi connectivity index (χ3n) is 3.41. The molecule has 0 amide bonds. The Balaban J connectivity index is 1.95. The van der Waals surface area contributed by atoms with Crippen LogP contribution in [-0.2, 0) is 11.2 Å². The number of rotatable bonds is 4. The van der Waals surface area contributed by atoms with Crippen molar-refractivity contribution in [1.82, 2.24) is 0 Å². The highest BCUT2D eigenvalue weighted by atomic mass is 79.9. The quantitative estimate of drug-likeness (QED) is 0.811. The first-order chi connectivity index (χ1) is 8.16. The number of carbonyl (C=O) groups is 1. The molecule has 2 rings (SSSR count). The van der Waals surface area contributed by atoms with Gasteiger partial charge in [-0.3, -0.25) is 4.79 Å². The maximum Gasteiger partial charge on any atom is 0.137 e. The predicted octanol–water partition coefficient (Wildman–Crippen LogP) is 4.28. The SMILES string of the molecule is O=C(Cc1cccc(F)c1Br)CC1CCCC1. The molecular formula is C14H16BrFO. The molecule has 0 atom stereocenters. The van der Waals surface area contributed by atoms with Gasteiger partial charge in [-0.2, -0.15) is 0 Å². The van der Waals surface area contributed by atoms with E-state index in [9.17, 15) is 9.18 Å². The Morgan fingerprint density at radius 2 is 2.06 bits per heavy atom. The number of benzene rings is 1. The van der Waals surface area contributed by atoms with Crippen molar-refractivity contribution in [1.29, 1.82) is 0 Å². The van der Waals surface area contributed by atoms with Crippen molar-refractivity contribution in [2.24, 2.45) is 5.92 Å². The minimum atomic E-state index is -0.295. The summed E-state index contributed by atoms with van der Waals surface area (Å²) in [5.41, 5.74) is 0.757. The summed E-state index contributed by atoms with van der Waals surface area (Å²) >= 11 is 3.19. The summed E-state index contributed by atoms with van der Waals surface area (Å²) in [5.74, 6) is 0.495. The molecule has 3 heteroatoms. The Labute approximate surface area is 110 Å². The predicted molar refractivity (Wildman–Crippen MR) is 69.4 cm³/mol. The lowest BCUT2D eigenvalue weighted by Gasteiger charge is -2.08. The summed E-state index contributed by atoms with van der Waals surface area (Å²) in [7, 11) is 0. The van der Waals surface area contributed by atoms with Gasteiger partial charge in [0.05, 0.1) is 4.47 Å². The highest BCUT2D eigenvalue weighted by Gasteiger charge is 2.19. The topological polar surface area (TPSA) is 17.1 Å². The van der Waals surface area contributed by atoms with Crippen molar-refractivity contribution < 1.29 is 9.18 Å². The van der Waals surface area contributed by atoms with Gasteiger partial charge in [-0.1, -0.05) is 37.8 Å². The first-order valence-electron chi connectivity index (χ1n) is 6.11. The van der Waals surface area contributed by atoms with Crippen LogP contribution in [0, 0.1) is 11.7 Å². The molecule has 92 valence electrons. The molecule has 1 nitrogen and oxygen atoms in total. The smallest absolute Gasteiger partial charge is 0.137 e. The van der Waals surface area contributed by atoms with Crippen LogP contribution in [0.1, 0.15) is 37.7 Å². The van der Waals surface area contributed by atoms with Crippen LogP contribution in [0.2, 0.25) is 0 Å². The molecule has 0 bridgehead atoms. The minimum Gasteiger partial charge on any atom is -0.299 e. The standard InChI is InChI=1S/C14H16BrFO/c15-14-11(6-3-7-13(14)16)9-12(17)8-10-4-1-2-5-10/h3,6-7,10H,1-2,4-5,8-9H2. The Morgan fingerprint density at radius 1 is 1.35 bits per heavy atom. The third kappa shape index (κ3) is 3.38. The highest BCUT2D eigenvalue weighted by Crippen LogP contribution is 2.29. The number of carbonyl (C=O) groups excluding carboxylic acids is 1. The maximum absolute atomic E-state index is 13.3. The van der Waals surface area contributed by atoms with Gasteiger partial charge in [0.15, 0.2) is 0 Å². The van der Waals surface area contributed by atoms with Crippen LogP contribution in [0.4, 0.5) is 4.39 Å². The lowest BCUT2D eigenvalue weighted by atomic mass is 9.97. The monoisotopic (exact) mass is 298 g/mol. The van der Waals surface area contributed by atoms with Crippen molar-refractivity contribution in [2.45, 2.75) is 38.5 Å². The Kier molecular flexibility index (Phi) is 4.32. The zero-order valence-corrected chi connectivity index (χ0v) is 11.3. The summed E-state index contributed by atoms with van der Waals surface area (Å²) in [6.07, 6.45) is 5.85. The second-order valence-corrected chi connectivity index (χ2v) is 5.58. The Morgan fingerprint density at radius 3 is 2.76 bits per heavy atom. The zero-order chi connectivity index (χ0) is 12.3. The van der Waals surface area contributed by atoms with Gasteiger partial charge in [0.2, 0.25) is 0 Å². The molecule has 0 aromatic heterocycles. The normalized spacial score (nSPS) is 16.4. The summed E-state index contributed by atoms with van der Waals surface area (Å²) in [6.45, 7) is 0. The van der Waals surface area contributed by atoms with E-state index in [4.69, 9.17) is 0 Å². The van der Waals surface area contributed by atoms with Crippen LogP contribution >= 0.6 is 15.9 Å². The van der Waals surface area contributed by atoms with E-state index in [0.717, 1.165) is 5.56 Å². The number of halogens is 2. The fourth-order valence-corrected chi connectivity index (χ4v) is 2.91. The summed E-state index contributed by atoms with van der Waals surface area (Å²) in [5, 5.41) is 0. The molecular weight excluding hydrogens is 283 g/mol. The van der Waals surface area contributed by atoms with Gasteiger partial charge >= 0.3 is 0 Å². The van der Waals surface area contributed by atoms with Crippen LogP contribution in [0.3, 0.4) is 0 Å². The van der Waals surface area contributed by atoms with E-state index in [1.165, 1.54) is 31.7 Å². The van der Waals surface area contributed by atoms with Gasteiger partial charge in [-0.15, -0.1) is 0 Å². The molecule has 1 saturated carbocycles. The van der Waals surface area contributed by atoms with Crippen LogP contribution < -0.4 is 0 Å². The van der Waals surface area contributed by atoms with Gasteiger partial charge in [0, 0.05) is 12.8 Å². The molecule has 0 aliphatic heterocycles. The molecule has 17 heavy (non-hydrogen) atoms. The number of hydrogen-bond donors (Lipinski definition) is 0. The van der Waals surface area contributed by atoms with Gasteiger partial charge in [-0.25, -0.2) is 4.39 Å². The molecule has 1 aliphatic rings. The van der Waals surface area contributed by atoms with Crippen LogP contribution in [0.5, 0.6) is 0 Å². The maximum atomic E-state index is 13.3. The molecule has 1 fully saturated rings. The third-order valence-corrected chi connectivity index (χ3v) is 4.30. The van der Waals surface area contributed by atoms with Crippen LogP contribution in [-0.4, -0.2) is 5.78 Å². The average molecular weight is 299 g/mol. The minimum absolute atomic E-state index is 0.225. The fourth-order valence-electron chi connectivity index (χ4n) is 2.51. The molecule has 1 aliphatic carbocycles. The molecule has 1 aromatic rings. The van der Waals surface area contributed by atoms with Crippen LogP contribution in [0.25, 0.3) is 0 Å². The average Bonchev–Trinajstić information content (AvgIpc) is 2.77. The van der Waals surface area contributed by atoms with Crippen molar-refractivity contribution in [3.05, 3.63) is 34.1 Å². The van der Waals surface area contributed by atoms with E-state index in [-0.39, 0.29) is 11.6 Å². The van der Waals surface area contributed by atoms with Gasteiger partial charge in [0.25, 0.3) is 0 Å². The van der Waals surface area contributed by atoms with E-state index < -0.39 is 0 Å². The van der Waals surface area contributed by atoms with Gasteiger partial charge in [-0.05, 0) is 33.5 Å². The number of ketones is 1. The number of hydrogen-bond acceptors (Lipinski definition) is 1. The molecule has 0 radical (unpaired) electrons. The van der Waals surface area contributed by atoms with E-state index in [0.29, 0.717) is 23.2 Å². The van der Waals surface area contributed by atoms with Gasteiger partial charge < -0.3 is 0 Å². The van der Waals surface area contributed by atoms with Crippen molar-refractivity contribution in [2.75, 3.05) is 0 Å². The molecule has 0 heterocycles. The Bertz CT molecular complexity index is 411. The zero-order valence-electron chi connectivity index (χ0n) is 9.72. The van der Waals surface area contributed by atoms with Crippen molar-refractivity contribution >= 4 is 21.7 Å². The summed E-state index contributed by atoms with van der Waals surface area (Å²) < 4.78 is 13.7. The summed E-state index contributed by atoms with van der Waals surface area (Å²) in [6, 6.07) is 4.85. The highest BCUT2D eigenvalue weighted by molar-refractivity contribution is 9.10. The lowest BCUT2D eigenvalue weighted by Crippen LogP contribution is -2.09. The fraction of sp³-hybridized carbons (Fsp3) is 0.500. The summed E-state index contributed by atoms with van der Waals surface area (Å²) in [4.78, 5) is 11.9. The van der Waals surface area contributed by atoms with Crippen molar-refractivity contribution in [3.8, 4) is 0 Å². The number of Topliss-reactive ketones (excluding diaryl/α,β-unsaturated/α-hetero) is 1. The lowest BCUT2D eigenvalue weighted by molar-refractivity contribution is -0.119. The second kappa shape index (κ2) is 5.76. The van der Waals surface area contributed by atoms with E-state index in [1.807, 2.05) is 0 Å². The van der Waals surface area contributed by atoms with E-state index in [1.54, 1.807) is 12.1 Å². The Hall–Kier alpha value is -0.700. The van der Waals surface area contributed by atoms with Gasteiger partial charge in [0.1, 0.15) is 11.6 Å². The molecule has 0 spiro atoms. The van der Waals surface area contributed by atoms with Crippen molar-refractivity contribution in [3.63, 3.8) is 0 Å². The first kappa shape index (κ1) is 12.7. The van der Waals surface area contributed by atoms with E-state index >= 15 is 0 Å². The molecule has 0 unspecified atom stereocenters. The molecule has 1 aromatic carbocycles. The van der Waals surface area contributed by atoms with Crippen LogP contribution in [0.15, 0.2) is 22.7 Å². The van der Waals surface area contributed by atoms with E-state index in [2.05, 4.69) is 15.9 Å². The molecule has 0 N–H and O–H groups in total. The second-order valence-electron chi connectivity index (χ2n) is 4.78. The molecule has 0 saturated heterocycles.